The standard InChI is InChI=1S/C26H28ClFN2O4/c1-2-33-15-4-14-29(26(32)21-8-10-22(27)11-9-21)19-25(31)30(18-24-5-3-16-34-24)17-20-6-12-23(28)13-7-20/h3,5-13,16H,2,4,14-15,17-19H2,1H3. The number of hydrogen-bond donors (Lipinski definition) is 0. The number of rotatable bonds is 12. The van der Waals surface area contributed by atoms with Gasteiger partial charge in [-0.3, -0.25) is 9.59 Å². The maximum absolute atomic E-state index is 13.4. The van der Waals surface area contributed by atoms with Crippen molar-refractivity contribution in [2.75, 3.05) is 26.3 Å². The molecule has 0 spiro atoms. The fraction of sp³-hybridized carbons (Fsp3) is 0.308. The Labute approximate surface area is 203 Å². The molecule has 0 radical (unpaired) electrons. The Morgan fingerprint density at radius 2 is 1.74 bits per heavy atom. The van der Waals surface area contributed by atoms with Crippen molar-refractivity contribution in [2.24, 2.45) is 0 Å². The molecule has 1 aromatic heterocycles. The molecule has 3 rings (SSSR count). The summed E-state index contributed by atoms with van der Waals surface area (Å²) in [6.45, 7) is 3.70. The molecule has 2 amide bonds. The fourth-order valence-electron chi connectivity index (χ4n) is 3.43. The van der Waals surface area contributed by atoms with Gasteiger partial charge < -0.3 is 19.0 Å². The van der Waals surface area contributed by atoms with E-state index in [-0.39, 0.29) is 37.3 Å². The van der Waals surface area contributed by atoms with E-state index in [4.69, 9.17) is 20.8 Å². The van der Waals surface area contributed by atoms with Crippen LogP contribution in [0, 0.1) is 5.82 Å². The topological polar surface area (TPSA) is 63.0 Å². The van der Waals surface area contributed by atoms with Gasteiger partial charge in [-0.2, -0.15) is 0 Å². The number of carbonyl (C=O) groups excluding carboxylic acids is 2. The Morgan fingerprint density at radius 1 is 1.00 bits per heavy atom. The first-order valence-electron chi connectivity index (χ1n) is 11.1. The van der Waals surface area contributed by atoms with Crippen LogP contribution in [0.5, 0.6) is 0 Å². The summed E-state index contributed by atoms with van der Waals surface area (Å²) in [7, 11) is 0. The number of halogens is 2. The lowest BCUT2D eigenvalue weighted by Crippen LogP contribution is -2.43. The predicted molar refractivity (Wildman–Crippen MR) is 128 cm³/mol. The molecule has 3 aromatic rings. The third kappa shape index (κ3) is 7.71. The normalized spacial score (nSPS) is 10.8. The molecule has 1 heterocycles. The first kappa shape index (κ1) is 25.5. The average molecular weight is 487 g/mol. The quantitative estimate of drug-likeness (QED) is 0.331. The van der Waals surface area contributed by atoms with Crippen LogP contribution in [0.2, 0.25) is 5.02 Å². The van der Waals surface area contributed by atoms with E-state index < -0.39 is 0 Å². The zero-order chi connectivity index (χ0) is 24.3. The zero-order valence-electron chi connectivity index (χ0n) is 19.1. The van der Waals surface area contributed by atoms with E-state index in [0.29, 0.717) is 42.5 Å². The maximum atomic E-state index is 13.4. The molecule has 0 aliphatic heterocycles. The first-order valence-corrected chi connectivity index (χ1v) is 11.5. The Kier molecular flexibility index (Phi) is 9.67. The van der Waals surface area contributed by atoms with Gasteiger partial charge in [0.15, 0.2) is 0 Å². The molecule has 2 aromatic carbocycles. The number of ether oxygens (including phenoxy) is 1. The smallest absolute Gasteiger partial charge is 0.254 e. The number of nitrogens with zero attached hydrogens (tertiary/aromatic N) is 2. The molecular weight excluding hydrogens is 459 g/mol. The van der Waals surface area contributed by atoms with Gasteiger partial charge in [-0.1, -0.05) is 23.7 Å². The molecule has 0 bridgehead atoms. The third-order valence-electron chi connectivity index (χ3n) is 5.19. The monoisotopic (exact) mass is 486 g/mol. The van der Waals surface area contributed by atoms with Crippen LogP contribution in [0.4, 0.5) is 4.39 Å². The number of benzene rings is 2. The van der Waals surface area contributed by atoms with Crippen LogP contribution >= 0.6 is 11.6 Å². The second-order valence-corrected chi connectivity index (χ2v) is 8.18. The predicted octanol–water partition coefficient (Wildman–Crippen LogP) is 5.17. The minimum Gasteiger partial charge on any atom is -0.467 e. The van der Waals surface area contributed by atoms with Crippen molar-refractivity contribution in [3.8, 4) is 0 Å². The van der Waals surface area contributed by atoms with Gasteiger partial charge in [0.1, 0.15) is 18.1 Å². The van der Waals surface area contributed by atoms with Crippen molar-refractivity contribution in [1.29, 1.82) is 0 Å². The Balaban J connectivity index is 1.77. The molecule has 0 fully saturated rings. The third-order valence-corrected chi connectivity index (χ3v) is 5.44. The molecule has 0 N–H and O–H groups in total. The SMILES string of the molecule is CCOCCCN(CC(=O)N(Cc1ccc(F)cc1)Cc1ccco1)C(=O)c1ccc(Cl)cc1. The van der Waals surface area contributed by atoms with E-state index in [9.17, 15) is 14.0 Å². The van der Waals surface area contributed by atoms with Gasteiger partial charge in [-0.05, 0) is 67.4 Å². The molecule has 0 unspecified atom stereocenters. The van der Waals surface area contributed by atoms with Crippen molar-refractivity contribution in [2.45, 2.75) is 26.4 Å². The van der Waals surface area contributed by atoms with E-state index in [1.807, 2.05) is 6.92 Å². The largest absolute Gasteiger partial charge is 0.467 e. The van der Waals surface area contributed by atoms with Gasteiger partial charge in [0.2, 0.25) is 5.91 Å². The summed E-state index contributed by atoms with van der Waals surface area (Å²) in [5, 5.41) is 0.527. The molecule has 0 saturated carbocycles. The first-order chi connectivity index (χ1) is 16.5. The number of hydrogen-bond acceptors (Lipinski definition) is 4. The van der Waals surface area contributed by atoms with Gasteiger partial charge >= 0.3 is 0 Å². The highest BCUT2D eigenvalue weighted by Crippen LogP contribution is 2.15. The van der Waals surface area contributed by atoms with E-state index in [1.165, 1.54) is 17.0 Å². The molecule has 0 atom stereocenters. The lowest BCUT2D eigenvalue weighted by Gasteiger charge is -2.27. The lowest BCUT2D eigenvalue weighted by molar-refractivity contribution is -0.133. The molecule has 0 aliphatic rings. The highest BCUT2D eigenvalue weighted by Gasteiger charge is 2.23. The summed E-state index contributed by atoms with van der Waals surface area (Å²) >= 11 is 5.96. The fourth-order valence-corrected chi connectivity index (χ4v) is 3.55. The second-order valence-electron chi connectivity index (χ2n) is 7.74. The highest BCUT2D eigenvalue weighted by molar-refractivity contribution is 6.30. The summed E-state index contributed by atoms with van der Waals surface area (Å²) in [4.78, 5) is 29.7. The van der Waals surface area contributed by atoms with Crippen molar-refractivity contribution in [3.63, 3.8) is 0 Å². The highest BCUT2D eigenvalue weighted by atomic mass is 35.5. The summed E-state index contributed by atoms with van der Waals surface area (Å²) in [6.07, 6.45) is 2.14. The number of carbonyl (C=O) groups is 2. The summed E-state index contributed by atoms with van der Waals surface area (Å²) in [5.41, 5.74) is 1.22. The molecule has 34 heavy (non-hydrogen) atoms. The summed E-state index contributed by atoms with van der Waals surface area (Å²) in [5.74, 6) is -0.246. The van der Waals surface area contributed by atoms with E-state index in [2.05, 4.69) is 0 Å². The Hall–Kier alpha value is -3.16. The van der Waals surface area contributed by atoms with Crippen LogP contribution < -0.4 is 0 Å². The molecule has 0 aliphatic carbocycles. The molecule has 8 heteroatoms. The van der Waals surface area contributed by atoms with Gasteiger partial charge in [-0.25, -0.2) is 4.39 Å². The van der Waals surface area contributed by atoms with Crippen LogP contribution in [0.1, 0.15) is 35.0 Å². The average Bonchev–Trinajstić information content (AvgIpc) is 3.35. The zero-order valence-corrected chi connectivity index (χ0v) is 19.8. The van der Waals surface area contributed by atoms with Crippen LogP contribution in [0.25, 0.3) is 0 Å². The second kappa shape index (κ2) is 12.9. The van der Waals surface area contributed by atoms with Crippen molar-refractivity contribution in [1.82, 2.24) is 9.80 Å². The molecule has 180 valence electrons. The lowest BCUT2D eigenvalue weighted by atomic mass is 10.1. The maximum Gasteiger partial charge on any atom is 0.254 e. The van der Waals surface area contributed by atoms with Gasteiger partial charge in [0.25, 0.3) is 5.91 Å². The van der Waals surface area contributed by atoms with Crippen LogP contribution in [0.15, 0.2) is 71.3 Å². The van der Waals surface area contributed by atoms with Crippen molar-refractivity contribution in [3.05, 3.63) is 94.7 Å². The Bertz CT molecular complexity index is 1040. The molecule has 0 saturated heterocycles. The molecule has 6 nitrogen and oxygen atoms in total. The van der Waals surface area contributed by atoms with E-state index in [1.54, 1.807) is 59.7 Å². The van der Waals surface area contributed by atoms with E-state index in [0.717, 1.165) is 5.56 Å². The minimum atomic E-state index is -0.346. The van der Waals surface area contributed by atoms with Crippen LogP contribution in [-0.2, 0) is 22.6 Å². The number of amides is 2. The molecular formula is C26H28ClFN2O4. The van der Waals surface area contributed by atoms with Crippen molar-refractivity contribution >= 4 is 23.4 Å². The minimum absolute atomic E-state index is 0.116. The number of furan rings is 1. The van der Waals surface area contributed by atoms with Crippen LogP contribution in [-0.4, -0.2) is 47.9 Å². The van der Waals surface area contributed by atoms with Gasteiger partial charge in [-0.15, -0.1) is 0 Å². The van der Waals surface area contributed by atoms with Crippen molar-refractivity contribution < 1.29 is 23.1 Å². The summed E-state index contributed by atoms with van der Waals surface area (Å²) < 4.78 is 24.2. The van der Waals surface area contributed by atoms with E-state index >= 15 is 0 Å². The summed E-state index contributed by atoms with van der Waals surface area (Å²) in [6, 6.07) is 16.1. The van der Waals surface area contributed by atoms with Gasteiger partial charge in [0.05, 0.1) is 12.8 Å². The Morgan fingerprint density at radius 3 is 2.38 bits per heavy atom. The van der Waals surface area contributed by atoms with Crippen LogP contribution in [0.3, 0.4) is 0 Å². The van der Waals surface area contributed by atoms with Gasteiger partial charge in [0, 0.05) is 36.9 Å².